The number of hydrogen-bond acceptors (Lipinski definition) is 10. The third-order valence-corrected chi connectivity index (χ3v) is 7.77. The van der Waals surface area contributed by atoms with E-state index in [9.17, 15) is 29.4 Å². The number of Topliss-reactive ketones (excluding diaryl/α,β-unsaturated/α-hetero) is 1. The standard InChI is InChI=1S/C29H39N3O9/c1-18(35)4-3-5-24(36)32(8-7-31-9-12-40-13-10-31)22-16-21(29(38)30-6-11-33)25-20-14-19(17-34)15-23(39-2)27(20)41-28(25)26(22)37/h14-17,22,25-26,28,33,37H,3-13H2,1-2H3,(H,30,38)/t22-,25+,26+,28+/m1/s1. The molecule has 1 fully saturated rings. The van der Waals surface area contributed by atoms with Gasteiger partial charge in [0.05, 0.1) is 38.9 Å². The number of aldehydes is 1. The van der Waals surface area contributed by atoms with E-state index < -0.39 is 30.1 Å². The van der Waals surface area contributed by atoms with Crippen LogP contribution in [0.5, 0.6) is 11.5 Å². The van der Waals surface area contributed by atoms with Crippen molar-refractivity contribution in [2.75, 3.05) is 59.7 Å². The highest BCUT2D eigenvalue weighted by Crippen LogP contribution is 2.51. The van der Waals surface area contributed by atoms with Gasteiger partial charge in [0.2, 0.25) is 11.8 Å². The number of amides is 2. The molecule has 224 valence electrons. The van der Waals surface area contributed by atoms with Crippen LogP contribution in [0.1, 0.15) is 48.0 Å². The van der Waals surface area contributed by atoms with Gasteiger partial charge in [0, 0.05) is 62.3 Å². The molecule has 0 aromatic heterocycles. The summed E-state index contributed by atoms with van der Waals surface area (Å²) in [6, 6.07) is 2.23. The van der Waals surface area contributed by atoms with Gasteiger partial charge in [0.15, 0.2) is 11.5 Å². The maximum atomic E-state index is 13.6. The number of carbonyl (C=O) groups excluding carboxylic acids is 4. The van der Waals surface area contributed by atoms with Gasteiger partial charge in [0.25, 0.3) is 0 Å². The van der Waals surface area contributed by atoms with Gasteiger partial charge < -0.3 is 39.4 Å². The molecule has 3 N–H and O–H groups in total. The third-order valence-electron chi connectivity index (χ3n) is 7.77. The van der Waals surface area contributed by atoms with Crippen molar-refractivity contribution in [1.82, 2.24) is 15.1 Å². The number of aliphatic hydroxyl groups excluding tert-OH is 2. The highest BCUT2D eigenvalue weighted by atomic mass is 16.5. The van der Waals surface area contributed by atoms with Crippen molar-refractivity contribution in [3.05, 3.63) is 34.9 Å². The zero-order valence-corrected chi connectivity index (χ0v) is 23.5. The van der Waals surface area contributed by atoms with Crippen LogP contribution in [0.2, 0.25) is 0 Å². The van der Waals surface area contributed by atoms with E-state index in [0.717, 1.165) is 0 Å². The molecule has 12 heteroatoms. The second-order valence-electron chi connectivity index (χ2n) is 10.5. The number of nitrogens with one attached hydrogen (secondary N) is 1. The first-order valence-electron chi connectivity index (χ1n) is 14.0. The number of morpholine rings is 1. The summed E-state index contributed by atoms with van der Waals surface area (Å²) in [5.41, 5.74) is 1.10. The van der Waals surface area contributed by atoms with Crippen LogP contribution in [0, 0.1) is 0 Å². The van der Waals surface area contributed by atoms with Gasteiger partial charge in [-0.1, -0.05) is 0 Å². The Hall–Kier alpha value is -3.32. The van der Waals surface area contributed by atoms with Crippen molar-refractivity contribution in [2.45, 2.75) is 50.4 Å². The summed E-state index contributed by atoms with van der Waals surface area (Å²) < 4.78 is 17.1. The van der Waals surface area contributed by atoms with Gasteiger partial charge in [-0.15, -0.1) is 0 Å². The molecule has 1 aromatic carbocycles. The molecule has 41 heavy (non-hydrogen) atoms. The van der Waals surface area contributed by atoms with E-state index in [1.165, 1.54) is 20.1 Å². The van der Waals surface area contributed by atoms with E-state index in [1.54, 1.807) is 17.0 Å². The van der Waals surface area contributed by atoms with Gasteiger partial charge >= 0.3 is 0 Å². The molecular formula is C29H39N3O9. The van der Waals surface area contributed by atoms with Gasteiger partial charge in [-0.3, -0.25) is 19.3 Å². The summed E-state index contributed by atoms with van der Waals surface area (Å²) in [5, 5.41) is 23.7. The van der Waals surface area contributed by atoms with Crippen molar-refractivity contribution in [3.63, 3.8) is 0 Å². The summed E-state index contributed by atoms with van der Waals surface area (Å²) in [5.74, 6) is -0.859. The lowest BCUT2D eigenvalue weighted by atomic mass is 9.77. The second kappa shape index (κ2) is 14.0. The van der Waals surface area contributed by atoms with E-state index in [4.69, 9.17) is 14.2 Å². The minimum atomic E-state index is -1.22. The van der Waals surface area contributed by atoms with Crippen LogP contribution < -0.4 is 14.8 Å². The Morgan fingerprint density at radius 3 is 2.63 bits per heavy atom. The van der Waals surface area contributed by atoms with Crippen molar-refractivity contribution in [1.29, 1.82) is 0 Å². The number of aliphatic hydroxyl groups is 2. The third kappa shape index (κ3) is 6.95. The predicted octanol–water partition coefficient (Wildman–Crippen LogP) is 0.0504. The lowest BCUT2D eigenvalue weighted by Crippen LogP contribution is -2.57. The molecule has 1 saturated heterocycles. The van der Waals surface area contributed by atoms with Crippen LogP contribution in [0.3, 0.4) is 0 Å². The van der Waals surface area contributed by atoms with E-state index in [-0.39, 0.29) is 49.8 Å². The second-order valence-corrected chi connectivity index (χ2v) is 10.5. The molecule has 0 unspecified atom stereocenters. The first-order chi connectivity index (χ1) is 19.8. The molecule has 0 bridgehead atoms. The Kier molecular flexibility index (Phi) is 10.5. The monoisotopic (exact) mass is 573 g/mol. The number of rotatable bonds is 13. The van der Waals surface area contributed by atoms with Crippen molar-refractivity contribution >= 4 is 23.9 Å². The maximum absolute atomic E-state index is 13.6. The molecule has 1 aliphatic carbocycles. The largest absolute Gasteiger partial charge is 0.493 e. The fourth-order valence-corrected chi connectivity index (χ4v) is 5.70. The highest BCUT2D eigenvalue weighted by molar-refractivity contribution is 5.96. The van der Waals surface area contributed by atoms with E-state index in [0.29, 0.717) is 68.2 Å². The maximum Gasteiger partial charge on any atom is 0.247 e. The summed E-state index contributed by atoms with van der Waals surface area (Å²) in [6.07, 6.45) is 0.854. The topological polar surface area (TPSA) is 155 Å². The SMILES string of the molecule is COc1cc(C=O)cc2c1O[C@@H]1[C@@H](O)[C@H](N(CCN3CCOCC3)C(=O)CCCC(C)=O)C=C(C(=O)NCCO)[C@H]21. The molecule has 3 aliphatic rings. The zero-order chi connectivity index (χ0) is 29.5. The number of nitrogens with zero attached hydrogens (tertiary/aromatic N) is 2. The first-order valence-corrected chi connectivity index (χ1v) is 14.0. The summed E-state index contributed by atoms with van der Waals surface area (Å²) in [4.78, 5) is 53.9. The number of methoxy groups -OCH3 is 1. The molecule has 1 aromatic rings. The Morgan fingerprint density at radius 1 is 1.22 bits per heavy atom. The first kappa shape index (κ1) is 30.6. The minimum Gasteiger partial charge on any atom is -0.493 e. The number of ketones is 1. The quantitative estimate of drug-likeness (QED) is 0.276. The smallest absolute Gasteiger partial charge is 0.247 e. The molecule has 0 radical (unpaired) electrons. The average Bonchev–Trinajstić information content (AvgIpc) is 3.36. The molecule has 0 saturated carbocycles. The van der Waals surface area contributed by atoms with Crippen LogP contribution in [0.25, 0.3) is 0 Å². The summed E-state index contributed by atoms with van der Waals surface area (Å²) in [6.45, 7) is 4.65. The van der Waals surface area contributed by atoms with Gasteiger partial charge in [-0.05, 0) is 31.6 Å². The molecule has 4 rings (SSSR count). The van der Waals surface area contributed by atoms with Gasteiger partial charge in [0.1, 0.15) is 24.3 Å². The molecule has 2 amide bonds. The fourth-order valence-electron chi connectivity index (χ4n) is 5.70. The van der Waals surface area contributed by atoms with Crippen LogP contribution >= 0.6 is 0 Å². The Morgan fingerprint density at radius 2 is 1.98 bits per heavy atom. The number of fused-ring (bicyclic) bond motifs is 3. The fraction of sp³-hybridized carbons (Fsp3) is 0.586. The predicted molar refractivity (Wildman–Crippen MR) is 147 cm³/mol. The van der Waals surface area contributed by atoms with Crippen molar-refractivity contribution in [2.24, 2.45) is 0 Å². The minimum absolute atomic E-state index is 0.0108. The Labute approximate surface area is 239 Å². The molecule has 0 spiro atoms. The molecular weight excluding hydrogens is 534 g/mol. The average molecular weight is 574 g/mol. The molecule has 2 heterocycles. The highest BCUT2D eigenvalue weighted by Gasteiger charge is 2.51. The van der Waals surface area contributed by atoms with E-state index in [1.807, 2.05) is 0 Å². The van der Waals surface area contributed by atoms with Crippen LogP contribution in [0.15, 0.2) is 23.8 Å². The van der Waals surface area contributed by atoms with Gasteiger partial charge in [-0.25, -0.2) is 0 Å². The molecule has 4 atom stereocenters. The zero-order valence-electron chi connectivity index (χ0n) is 23.5. The van der Waals surface area contributed by atoms with E-state index >= 15 is 0 Å². The lowest BCUT2D eigenvalue weighted by molar-refractivity contribution is -0.137. The molecule has 12 nitrogen and oxygen atoms in total. The van der Waals surface area contributed by atoms with E-state index in [2.05, 4.69) is 10.2 Å². The van der Waals surface area contributed by atoms with Crippen LogP contribution in [-0.4, -0.2) is 122 Å². The molecule has 2 aliphatic heterocycles. The van der Waals surface area contributed by atoms with Crippen molar-refractivity contribution < 1.29 is 43.6 Å². The summed E-state index contributed by atoms with van der Waals surface area (Å²) >= 11 is 0. The number of ether oxygens (including phenoxy) is 3. The van der Waals surface area contributed by atoms with Crippen LogP contribution in [-0.2, 0) is 19.1 Å². The normalized spacial score (nSPS) is 23.5. The van der Waals surface area contributed by atoms with Crippen molar-refractivity contribution in [3.8, 4) is 11.5 Å². The number of benzene rings is 1. The number of carbonyl (C=O) groups is 4. The van der Waals surface area contributed by atoms with Crippen LogP contribution in [0.4, 0.5) is 0 Å². The lowest BCUT2D eigenvalue weighted by Gasteiger charge is -2.41. The Balaban J connectivity index is 1.71. The summed E-state index contributed by atoms with van der Waals surface area (Å²) in [7, 11) is 1.44. The number of hydrogen-bond donors (Lipinski definition) is 3. The Bertz CT molecular complexity index is 1160. The van der Waals surface area contributed by atoms with Gasteiger partial charge in [-0.2, -0.15) is 0 Å².